The van der Waals surface area contributed by atoms with Crippen LogP contribution in [-0.4, -0.2) is 20.0 Å². The number of Topliss-reactive ketones (excluding diaryl/α,β-unsaturated/α-hetero) is 1. The monoisotopic (exact) mass is 299 g/mol. The molecule has 0 spiro atoms. The lowest BCUT2D eigenvalue weighted by Gasteiger charge is -2.07. The molecule has 0 amide bonds. The number of ether oxygens (including phenoxy) is 2. The van der Waals surface area contributed by atoms with E-state index in [0.717, 1.165) is 0 Å². The van der Waals surface area contributed by atoms with Crippen LogP contribution >= 0.6 is 11.3 Å². The third-order valence-corrected chi connectivity index (χ3v) is 3.55. The van der Waals surface area contributed by atoms with Crippen molar-refractivity contribution >= 4 is 23.2 Å². The van der Waals surface area contributed by atoms with Gasteiger partial charge in [-0.1, -0.05) is 6.07 Å². The Balaban J connectivity index is 2.37. The van der Waals surface area contributed by atoms with Crippen LogP contribution < -0.4 is 9.47 Å². The first kappa shape index (κ1) is 14.8. The van der Waals surface area contributed by atoms with E-state index in [-0.39, 0.29) is 11.4 Å². The van der Waals surface area contributed by atoms with Gasteiger partial charge in [-0.05, 0) is 35.2 Å². The lowest BCUT2D eigenvalue weighted by Crippen LogP contribution is -2.00. The standard InChI is InChI=1S/C16H13NO3S/c1-19-14-4-3-11(8-15(14)20-2)7-13(9-17)16(18)12-5-6-21-10-12/h3-8,10H,1-2H3/b13-7-. The number of rotatable bonds is 5. The predicted octanol–water partition coefficient (Wildman–Crippen LogP) is 3.56. The highest BCUT2D eigenvalue weighted by Gasteiger charge is 2.13. The molecule has 0 bridgehead atoms. The first-order chi connectivity index (χ1) is 10.2. The summed E-state index contributed by atoms with van der Waals surface area (Å²) >= 11 is 1.42. The molecule has 1 aromatic carbocycles. The maximum absolute atomic E-state index is 12.2. The molecule has 0 saturated heterocycles. The fraction of sp³-hybridized carbons (Fsp3) is 0.125. The lowest BCUT2D eigenvalue weighted by molar-refractivity contribution is 0.104. The number of allylic oxidation sites excluding steroid dienone is 1. The van der Waals surface area contributed by atoms with Gasteiger partial charge >= 0.3 is 0 Å². The van der Waals surface area contributed by atoms with Crippen LogP contribution in [0.3, 0.4) is 0 Å². The summed E-state index contributed by atoms with van der Waals surface area (Å²) in [5, 5.41) is 12.7. The molecule has 0 unspecified atom stereocenters. The highest BCUT2D eigenvalue weighted by molar-refractivity contribution is 7.08. The molecular weight excluding hydrogens is 286 g/mol. The van der Waals surface area contributed by atoms with Crippen molar-refractivity contribution in [1.29, 1.82) is 5.26 Å². The molecule has 0 N–H and O–H groups in total. The molecule has 0 fully saturated rings. The van der Waals surface area contributed by atoms with E-state index in [4.69, 9.17) is 9.47 Å². The van der Waals surface area contributed by atoms with Crippen LogP contribution in [0.4, 0.5) is 0 Å². The minimum absolute atomic E-state index is 0.0839. The second kappa shape index (κ2) is 6.73. The van der Waals surface area contributed by atoms with Crippen molar-refractivity contribution in [2.24, 2.45) is 0 Å². The second-order valence-electron chi connectivity index (χ2n) is 4.13. The van der Waals surface area contributed by atoms with Crippen LogP contribution in [0.1, 0.15) is 15.9 Å². The number of ketones is 1. The van der Waals surface area contributed by atoms with Crippen molar-refractivity contribution < 1.29 is 14.3 Å². The Labute approximate surface area is 126 Å². The van der Waals surface area contributed by atoms with Crippen molar-refractivity contribution in [3.8, 4) is 17.6 Å². The summed E-state index contributed by atoms with van der Waals surface area (Å²) in [5.74, 6) is 0.859. The summed E-state index contributed by atoms with van der Waals surface area (Å²) in [6.07, 6.45) is 1.54. The molecule has 106 valence electrons. The highest BCUT2D eigenvalue weighted by atomic mass is 32.1. The number of hydrogen-bond donors (Lipinski definition) is 0. The SMILES string of the molecule is COc1ccc(/C=C(/C#N)C(=O)c2ccsc2)cc1OC. The molecule has 1 aromatic heterocycles. The van der Waals surface area contributed by atoms with E-state index >= 15 is 0 Å². The fourth-order valence-electron chi connectivity index (χ4n) is 1.81. The van der Waals surface area contributed by atoms with Gasteiger partial charge in [-0.3, -0.25) is 4.79 Å². The van der Waals surface area contributed by atoms with Crippen LogP contribution in [0.2, 0.25) is 0 Å². The fourth-order valence-corrected chi connectivity index (χ4v) is 2.44. The minimum Gasteiger partial charge on any atom is -0.493 e. The van der Waals surface area contributed by atoms with Crippen LogP contribution in [0.15, 0.2) is 40.6 Å². The zero-order valence-electron chi connectivity index (χ0n) is 11.6. The van der Waals surface area contributed by atoms with Gasteiger partial charge in [-0.2, -0.15) is 16.6 Å². The highest BCUT2D eigenvalue weighted by Crippen LogP contribution is 2.28. The van der Waals surface area contributed by atoms with Gasteiger partial charge in [0.05, 0.1) is 14.2 Å². The molecular formula is C16H13NO3S. The van der Waals surface area contributed by atoms with Gasteiger partial charge in [0.1, 0.15) is 11.6 Å². The summed E-state index contributed by atoms with van der Waals surface area (Å²) in [6, 6.07) is 8.86. The number of nitrogens with zero attached hydrogens (tertiary/aromatic N) is 1. The molecule has 0 atom stereocenters. The third kappa shape index (κ3) is 3.30. The van der Waals surface area contributed by atoms with Crippen molar-refractivity contribution in [2.75, 3.05) is 14.2 Å². The average molecular weight is 299 g/mol. The molecule has 0 aliphatic carbocycles. The molecule has 0 aliphatic heterocycles. The number of thiophene rings is 1. The third-order valence-electron chi connectivity index (χ3n) is 2.87. The van der Waals surface area contributed by atoms with Crippen LogP contribution in [0.5, 0.6) is 11.5 Å². The Morgan fingerprint density at radius 3 is 2.57 bits per heavy atom. The molecule has 1 heterocycles. The lowest BCUT2D eigenvalue weighted by atomic mass is 10.0. The number of carbonyl (C=O) groups excluding carboxylic acids is 1. The van der Waals surface area contributed by atoms with Crippen molar-refractivity contribution in [1.82, 2.24) is 0 Å². The molecule has 0 aliphatic rings. The van der Waals surface area contributed by atoms with E-state index in [1.54, 1.807) is 48.2 Å². The van der Waals surface area contributed by atoms with Gasteiger partial charge in [-0.15, -0.1) is 0 Å². The zero-order valence-corrected chi connectivity index (χ0v) is 12.4. The first-order valence-electron chi connectivity index (χ1n) is 6.10. The average Bonchev–Trinajstić information content (AvgIpc) is 3.06. The van der Waals surface area contributed by atoms with Gasteiger partial charge in [0.2, 0.25) is 5.78 Å². The van der Waals surface area contributed by atoms with Crippen LogP contribution in [-0.2, 0) is 0 Å². The molecule has 0 radical (unpaired) electrons. The van der Waals surface area contributed by atoms with E-state index in [9.17, 15) is 10.1 Å². The van der Waals surface area contributed by atoms with Gasteiger partial charge in [0.25, 0.3) is 0 Å². The van der Waals surface area contributed by atoms with E-state index in [0.29, 0.717) is 22.6 Å². The number of benzene rings is 1. The number of methoxy groups -OCH3 is 2. The molecule has 2 aromatic rings. The number of nitriles is 1. The number of hydrogen-bond acceptors (Lipinski definition) is 5. The number of carbonyl (C=O) groups is 1. The Kier molecular flexibility index (Phi) is 4.75. The quantitative estimate of drug-likeness (QED) is 0.481. The van der Waals surface area contributed by atoms with E-state index < -0.39 is 0 Å². The Bertz CT molecular complexity index is 712. The van der Waals surface area contributed by atoms with Crippen molar-refractivity contribution in [2.45, 2.75) is 0 Å². The summed E-state index contributed by atoms with van der Waals surface area (Å²) in [5.41, 5.74) is 1.31. The largest absolute Gasteiger partial charge is 0.493 e. The maximum atomic E-state index is 12.2. The van der Waals surface area contributed by atoms with Crippen LogP contribution in [0, 0.1) is 11.3 Å². The smallest absolute Gasteiger partial charge is 0.204 e. The normalized spacial score (nSPS) is 10.8. The summed E-state index contributed by atoms with van der Waals surface area (Å²) in [6.45, 7) is 0. The van der Waals surface area contributed by atoms with Gasteiger partial charge < -0.3 is 9.47 Å². The van der Waals surface area contributed by atoms with E-state index in [1.165, 1.54) is 18.4 Å². The Morgan fingerprint density at radius 2 is 2.00 bits per heavy atom. The predicted molar refractivity (Wildman–Crippen MR) is 81.8 cm³/mol. The van der Waals surface area contributed by atoms with Crippen molar-refractivity contribution in [3.63, 3.8) is 0 Å². The Hall–Kier alpha value is -2.58. The molecule has 0 saturated carbocycles. The van der Waals surface area contributed by atoms with Crippen LogP contribution in [0.25, 0.3) is 6.08 Å². The molecule has 2 rings (SSSR count). The van der Waals surface area contributed by atoms with E-state index in [1.807, 2.05) is 6.07 Å². The maximum Gasteiger partial charge on any atom is 0.204 e. The van der Waals surface area contributed by atoms with Gasteiger partial charge in [-0.25, -0.2) is 0 Å². The topological polar surface area (TPSA) is 59.3 Å². The summed E-state index contributed by atoms with van der Waals surface area (Å²) in [7, 11) is 3.08. The molecule has 4 nitrogen and oxygen atoms in total. The van der Waals surface area contributed by atoms with Gasteiger partial charge in [0.15, 0.2) is 11.5 Å². The summed E-state index contributed by atoms with van der Waals surface area (Å²) in [4.78, 5) is 12.2. The molecule has 21 heavy (non-hydrogen) atoms. The zero-order chi connectivity index (χ0) is 15.2. The van der Waals surface area contributed by atoms with E-state index in [2.05, 4.69) is 0 Å². The minimum atomic E-state index is -0.284. The first-order valence-corrected chi connectivity index (χ1v) is 7.04. The van der Waals surface area contributed by atoms with Crippen molar-refractivity contribution in [3.05, 3.63) is 51.7 Å². The Morgan fingerprint density at radius 1 is 1.24 bits per heavy atom. The second-order valence-corrected chi connectivity index (χ2v) is 4.91. The van der Waals surface area contributed by atoms with Gasteiger partial charge in [0, 0.05) is 10.9 Å². The molecule has 5 heteroatoms. The summed E-state index contributed by atoms with van der Waals surface area (Å²) < 4.78 is 10.4.